The number of carbonyl (C=O) groups is 1. The van der Waals surface area contributed by atoms with Gasteiger partial charge in [0.05, 0.1) is 12.5 Å². The second-order valence-electron chi connectivity index (χ2n) is 7.77. The number of nitrogens with zero attached hydrogens (tertiary/aromatic N) is 4. The molecule has 0 aliphatic rings. The van der Waals surface area contributed by atoms with Crippen LogP contribution in [-0.4, -0.2) is 32.8 Å². The highest BCUT2D eigenvalue weighted by atomic mass is 32.1. The Kier molecular flexibility index (Phi) is 6.11. The number of thiophene rings is 1. The van der Waals surface area contributed by atoms with E-state index in [2.05, 4.69) is 20.6 Å². The molecule has 5 aromatic rings. The van der Waals surface area contributed by atoms with Crippen molar-refractivity contribution in [2.24, 2.45) is 0 Å². The molecule has 0 radical (unpaired) electrons. The molecule has 0 bridgehead atoms. The molecule has 0 aliphatic carbocycles. The van der Waals surface area contributed by atoms with Gasteiger partial charge in [-0.1, -0.05) is 35.5 Å². The summed E-state index contributed by atoms with van der Waals surface area (Å²) in [7, 11) is 1.60. The van der Waals surface area contributed by atoms with Crippen LogP contribution in [0.2, 0.25) is 0 Å². The highest BCUT2D eigenvalue weighted by Crippen LogP contribution is 2.35. The van der Waals surface area contributed by atoms with Crippen LogP contribution in [-0.2, 0) is 11.2 Å². The van der Waals surface area contributed by atoms with Gasteiger partial charge in [-0.15, -0.1) is 11.3 Å². The molecule has 0 saturated heterocycles. The van der Waals surface area contributed by atoms with Gasteiger partial charge >= 0.3 is 0 Å². The van der Waals surface area contributed by atoms with Gasteiger partial charge < -0.3 is 9.26 Å². The molecular formula is C25H21N5O4S. The number of rotatable bonds is 7. The van der Waals surface area contributed by atoms with Crippen molar-refractivity contribution in [2.45, 2.75) is 19.8 Å². The first-order chi connectivity index (χ1) is 17.0. The first-order valence-electron chi connectivity index (χ1n) is 10.9. The lowest BCUT2D eigenvalue weighted by molar-refractivity contribution is -0.117. The molecule has 0 aliphatic heterocycles. The minimum absolute atomic E-state index is 0.0585. The predicted molar refractivity (Wildman–Crippen MR) is 133 cm³/mol. The fourth-order valence-electron chi connectivity index (χ4n) is 3.76. The molecule has 0 unspecified atom stereocenters. The first kappa shape index (κ1) is 22.5. The Morgan fingerprint density at radius 2 is 1.89 bits per heavy atom. The standard InChI is InChI=1S/C25H21N5O4S/c1-15-21(16-6-4-3-5-7-16)22-24(35-15)26-14-30(25(22)32)28-19(31)12-13-20-27-23(29-34-20)17-8-10-18(33-2)11-9-17/h3-11,14H,12-13H2,1-2H3,(H,28,31). The lowest BCUT2D eigenvalue weighted by Crippen LogP contribution is -2.33. The van der Waals surface area contributed by atoms with Crippen molar-refractivity contribution in [1.29, 1.82) is 0 Å². The van der Waals surface area contributed by atoms with Crippen molar-refractivity contribution in [2.75, 3.05) is 12.5 Å². The summed E-state index contributed by atoms with van der Waals surface area (Å²) in [6.07, 6.45) is 1.62. The monoisotopic (exact) mass is 487 g/mol. The topological polar surface area (TPSA) is 112 Å². The third kappa shape index (κ3) is 4.56. The van der Waals surface area contributed by atoms with E-state index in [0.29, 0.717) is 21.9 Å². The summed E-state index contributed by atoms with van der Waals surface area (Å²) >= 11 is 1.45. The molecule has 2 aromatic carbocycles. The summed E-state index contributed by atoms with van der Waals surface area (Å²) in [5.41, 5.74) is 4.83. The maximum Gasteiger partial charge on any atom is 0.281 e. The molecule has 3 heterocycles. The van der Waals surface area contributed by atoms with E-state index in [-0.39, 0.29) is 24.3 Å². The van der Waals surface area contributed by atoms with Gasteiger partial charge in [0.15, 0.2) is 0 Å². The number of fused-ring (bicyclic) bond motifs is 1. The molecule has 176 valence electrons. The number of amides is 1. The second kappa shape index (κ2) is 9.51. The molecule has 9 nitrogen and oxygen atoms in total. The Balaban J connectivity index is 1.30. The van der Waals surface area contributed by atoms with Gasteiger partial charge in [-0.2, -0.15) is 4.98 Å². The largest absolute Gasteiger partial charge is 0.497 e. The number of methoxy groups -OCH3 is 1. The van der Waals surface area contributed by atoms with Crippen LogP contribution in [0.15, 0.2) is 70.2 Å². The number of hydrogen-bond acceptors (Lipinski definition) is 8. The van der Waals surface area contributed by atoms with Crippen molar-refractivity contribution >= 4 is 27.5 Å². The Labute approximate surface area is 204 Å². The molecule has 0 saturated carbocycles. The van der Waals surface area contributed by atoms with Crippen LogP contribution < -0.4 is 15.7 Å². The fraction of sp³-hybridized carbons (Fsp3) is 0.160. The van der Waals surface area contributed by atoms with Gasteiger partial charge in [0.1, 0.15) is 16.9 Å². The van der Waals surface area contributed by atoms with Crippen LogP contribution in [0.1, 0.15) is 17.2 Å². The van der Waals surface area contributed by atoms with E-state index in [4.69, 9.17) is 9.26 Å². The first-order valence-corrected chi connectivity index (χ1v) is 11.7. The Morgan fingerprint density at radius 1 is 1.11 bits per heavy atom. The number of benzene rings is 2. The van der Waals surface area contributed by atoms with E-state index in [1.165, 1.54) is 17.7 Å². The molecule has 0 fully saturated rings. The summed E-state index contributed by atoms with van der Waals surface area (Å²) < 4.78 is 11.5. The maximum absolute atomic E-state index is 13.2. The van der Waals surface area contributed by atoms with Crippen molar-refractivity contribution in [1.82, 2.24) is 19.8 Å². The van der Waals surface area contributed by atoms with E-state index >= 15 is 0 Å². The quantitative estimate of drug-likeness (QED) is 0.366. The lowest BCUT2D eigenvalue weighted by atomic mass is 10.0. The van der Waals surface area contributed by atoms with Crippen molar-refractivity contribution in [3.05, 3.63) is 82.0 Å². The maximum atomic E-state index is 13.2. The molecule has 3 aromatic heterocycles. The summed E-state index contributed by atoms with van der Waals surface area (Å²) in [4.78, 5) is 36.2. The molecular weight excluding hydrogens is 466 g/mol. The number of aromatic nitrogens is 4. The highest BCUT2D eigenvalue weighted by Gasteiger charge is 2.18. The van der Waals surface area contributed by atoms with E-state index in [1.807, 2.05) is 49.4 Å². The van der Waals surface area contributed by atoms with E-state index in [1.54, 1.807) is 19.2 Å². The van der Waals surface area contributed by atoms with Gasteiger partial charge in [-0.05, 0) is 36.8 Å². The van der Waals surface area contributed by atoms with Crippen molar-refractivity contribution in [3.63, 3.8) is 0 Å². The Morgan fingerprint density at radius 3 is 2.63 bits per heavy atom. The minimum Gasteiger partial charge on any atom is -0.497 e. The zero-order valence-corrected chi connectivity index (χ0v) is 19.8. The minimum atomic E-state index is -0.370. The normalized spacial score (nSPS) is 11.0. The SMILES string of the molecule is COc1ccc(-c2noc(CCC(=O)Nn3cnc4sc(C)c(-c5ccccc5)c4c3=O)n2)cc1. The number of carbonyl (C=O) groups excluding carboxylic acids is 1. The number of ether oxygens (including phenoxy) is 1. The predicted octanol–water partition coefficient (Wildman–Crippen LogP) is 4.19. The summed E-state index contributed by atoms with van der Waals surface area (Å²) in [6, 6.07) is 16.9. The zero-order valence-electron chi connectivity index (χ0n) is 19.0. The second-order valence-corrected chi connectivity index (χ2v) is 8.98. The van der Waals surface area contributed by atoms with E-state index < -0.39 is 0 Å². The fourth-order valence-corrected chi connectivity index (χ4v) is 4.76. The third-order valence-electron chi connectivity index (χ3n) is 5.48. The zero-order chi connectivity index (χ0) is 24.4. The van der Waals surface area contributed by atoms with Gasteiger partial charge in [0.2, 0.25) is 17.6 Å². The number of nitrogens with one attached hydrogen (secondary N) is 1. The van der Waals surface area contributed by atoms with Crippen LogP contribution in [0.3, 0.4) is 0 Å². The molecule has 5 rings (SSSR count). The van der Waals surface area contributed by atoms with Crippen LogP contribution >= 0.6 is 11.3 Å². The average molecular weight is 488 g/mol. The van der Waals surface area contributed by atoms with Gasteiger partial charge in [0, 0.05) is 28.8 Å². The molecule has 35 heavy (non-hydrogen) atoms. The molecule has 10 heteroatoms. The van der Waals surface area contributed by atoms with Crippen molar-refractivity contribution < 1.29 is 14.1 Å². The summed E-state index contributed by atoms with van der Waals surface area (Å²) in [6.45, 7) is 1.96. The summed E-state index contributed by atoms with van der Waals surface area (Å²) in [5.74, 6) is 1.11. The Hall–Kier alpha value is -4.31. The molecule has 1 amide bonds. The van der Waals surface area contributed by atoms with Crippen LogP contribution in [0.25, 0.3) is 32.7 Å². The van der Waals surface area contributed by atoms with E-state index in [9.17, 15) is 9.59 Å². The van der Waals surface area contributed by atoms with Gasteiger partial charge in [-0.25, -0.2) is 9.66 Å². The average Bonchev–Trinajstić information content (AvgIpc) is 3.49. The number of aryl methyl sites for hydroxylation is 2. The summed E-state index contributed by atoms with van der Waals surface area (Å²) in [5, 5.41) is 4.46. The number of hydrogen-bond donors (Lipinski definition) is 1. The highest BCUT2D eigenvalue weighted by molar-refractivity contribution is 7.19. The molecule has 0 atom stereocenters. The third-order valence-corrected chi connectivity index (χ3v) is 6.49. The van der Waals surface area contributed by atoms with Gasteiger partial charge in [0.25, 0.3) is 5.56 Å². The van der Waals surface area contributed by atoms with Crippen LogP contribution in [0.5, 0.6) is 5.75 Å². The van der Waals surface area contributed by atoms with E-state index in [0.717, 1.165) is 32.0 Å². The smallest absolute Gasteiger partial charge is 0.281 e. The molecule has 1 N–H and O–H groups in total. The van der Waals surface area contributed by atoms with Crippen LogP contribution in [0.4, 0.5) is 0 Å². The van der Waals surface area contributed by atoms with Crippen LogP contribution in [0, 0.1) is 6.92 Å². The molecule has 0 spiro atoms. The lowest BCUT2D eigenvalue weighted by Gasteiger charge is -2.08. The van der Waals surface area contributed by atoms with Gasteiger partial charge in [-0.3, -0.25) is 15.0 Å². The Bertz CT molecular complexity index is 1550. The van der Waals surface area contributed by atoms with Crippen molar-refractivity contribution in [3.8, 4) is 28.3 Å².